The number of nitrogens with zero attached hydrogens (tertiary/aromatic N) is 2. The van der Waals surface area contributed by atoms with Gasteiger partial charge in [-0.15, -0.1) is 5.92 Å². The molecule has 1 amide bonds. The van der Waals surface area contributed by atoms with Gasteiger partial charge in [0.2, 0.25) is 5.91 Å². The normalized spacial score (nSPS) is 14.7. The number of amides is 1. The zero-order valence-corrected chi connectivity index (χ0v) is 17.8. The van der Waals surface area contributed by atoms with Gasteiger partial charge in [-0.25, -0.2) is 4.98 Å². The molecule has 1 N–H and O–H groups in total. The molecule has 2 aromatic carbocycles. The molecule has 1 aromatic heterocycles. The third kappa shape index (κ3) is 4.87. The van der Waals surface area contributed by atoms with Crippen molar-refractivity contribution >= 4 is 12.0 Å². The van der Waals surface area contributed by atoms with E-state index >= 15 is 0 Å². The predicted molar refractivity (Wildman–Crippen MR) is 122 cm³/mol. The number of benzene rings is 2. The molecule has 4 rings (SSSR count). The Morgan fingerprint density at radius 2 is 2.19 bits per heavy atom. The van der Waals surface area contributed by atoms with Crippen molar-refractivity contribution in [1.82, 2.24) is 14.9 Å². The number of carbonyl (C=O) groups excluding carboxylic acids is 1. The van der Waals surface area contributed by atoms with Crippen molar-refractivity contribution < 1.29 is 9.53 Å². The predicted octanol–water partition coefficient (Wildman–Crippen LogP) is 4.40. The summed E-state index contributed by atoms with van der Waals surface area (Å²) in [5.41, 5.74) is 5.22. The maximum absolute atomic E-state index is 12.5. The van der Waals surface area contributed by atoms with Gasteiger partial charge in [-0.2, -0.15) is 0 Å². The molecule has 1 aliphatic carbocycles. The standard InChI is InChI=1S/C26H25N3O2/c1-3-4-15-31-25-16-20(9-13-24(25)29-17-19(2)27-18-29)10-14-26(30)28-23-12-11-21-7-5-6-8-22(21)23/h5-10,13-14,16-18,23H,11-12,15H2,1-2H3,(H,28,30)/b14-10+. The summed E-state index contributed by atoms with van der Waals surface area (Å²) >= 11 is 0. The van der Waals surface area contributed by atoms with Gasteiger partial charge < -0.3 is 14.6 Å². The molecular weight excluding hydrogens is 386 g/mol. The van der Waals surface area contributed by atoms with Gasteiger partial charge in [0.1, 0.15) is 12.4 Å². The fourth-order valence-electron chi connectivity index (χ4n) is 3.80. The molecule has 3 aromatic rings. The van der Waals surface area contributed by atoms with Gasteiger partial charge in [-0.1, -0.05) is 36.3 Å². The van der Waals surface area contributed by atoms with Crippen LogP contribution in [-0.4, -0.2) is 22.1 Å². The monoisotopic (exact) mass is 411 g/mol. The van der Waals surface area contributed by atoms with Crippen LogP contribution >= 0.6 is 0 Å². The minimum atomic E-state index is -0.102. The van der Waals surface area contributed by atoms with E-state index in [0.29, 0.717) is 12.4 Å². The van der Waals surface area contributed by atoms with Crippen LogP contribution in [0.4, 0.5) is 0 Å². The van der Waals surface area contributed by atoms with Crippen LogP contribution in [-0.2, 0) is 11.2 Å². The summed E-state index contributed by atoms with van der Waals surface area (Å²) in [6, 6.07) is 14.2. The van der Waals surface area contributed by atoms with E-state index in [1.165, 1.54) is 11.1 Å². The number of hydrogen-bond acceptors (Lipinski definition) is 3. The summed E-state index contributed by atoms with van der Waals surface area (Å²) in [7, 11) is 0. The number of nitrogens with one attached hydrogen (secondary N) is 1. The lowest BCUT2D eigenvalue weighted by molar-refractivity contribution is -0.117. The highest BCUT2D eigenvalue weighted by Gasteiger charge is 2.22. The smallest absolute Gasteiger partial charge is 0.244 e. The van der Waals surface area contributed by atoms with E-state index in [9.17, 15) is 4.79 Å². The van der Waals surface area contributed by atoms with E-state index in [4.69, 9.17) is 4.74 Å². The second-order valence-corrected chi connectivity index (χ2v) is 7.50. The van der Waals surface area contributed by atoms with E-state index in [1.54, 1.807) is 25.4 Å². The largest absolute Gasteiger partial charge is 0.479 e. The Morgan fingerprint density at radius 1 is 1.32 bits per heavy atom. The van der Waals surface area contributed by atoms with Crippen molar-refractivity contribution in [1.29, 1.82) is 0 Å². The lowest BCUT2D eigenvalue weighted by Gasteiger charge is -2.13. The highest BCUT2D eigenvalue weighted by molar-refractivity contribution is 5.92. The Labute approximate surface area is 182 Å². The molecule has 1 aliphatic rings. The number of aromatic nitrogens is 2. The summed E-state index contributed by atoms with van der Waals surface area (Å²) in [6.45, 7) is 4.02. The Bertz CT molecular complexity index is 1180. The Kier molecular flexibility index (Phi) is 6.18. The minimum Gasteiger partial charge on any atom is -0.479 e. The molecule has 5 heteroatoms. The van der Waals surface area contributed by atoms with Crippen LogP contribution in [0.3, 0.4) is 0 Å². The van der Waals surface area contributed by atoms with Crippen LogP contribution in [0.25, 0.3) is 11.8 Å². The van der Waals surface area contributed by atoms with Crippen molar-refractivity contribution in [3.8, 4) is 23.3 Å². The van der Waals surface area contributed by atoms with Crippen LogP contribution < -0.4 is 10.1 Å². The van der Waals surface area contributed by atoms with Crippen molar-refractivity contribution in [2.45, 2.75) is 32.7 Å². The Morgan fingerprint density at radius 3 is 3.00 bits per heavy atom. The van der Waals surface area contributed by atoms with E-state index in [2.05, 4.69) is 34.3 Å². The summed E-state index contributed by atoms with van der Waals surface area (Å²) < 4.78 is 7.80. The summed E-state index contributed by atoms with van der Waals surface area (Å²) in [5, 5.41) is 3.11. The minimum absolute atomic E-state index is 0.0757. The first-order chi connectivity index (χ1) is 15.1. The second-order valence-electron chi connectivity index (χ2n) is 7.50. The number of ether oxygens (including phenoxy) is 1. The van der Waals surface area contributed by atoms with Crippen LogP contribution in [0.2, 0.25) is 0 Å². The average molecular weight is 412 g/mol. The quantitative estimate of drug-likeness (QED) is 0.483. The molecule has 0 bridgehead atoms. The molecule has 1 unspecified atom stereocenters. The summed E-state index contributed by atoms with van der Waals surface area (Å²) in [4.78, 5) is 16.8. The van der Waals surface area contributed by atoms with Crippen molar-refractivity contribution in [2.24, 2.45) is 0 Å². The Balaban J connectivity index is 1.49. The van der Waals surface area contributed by atoms with Gasteiger partial charge in [0, 0.05) is 12.3 Å². The molecule has 0 saturated heterocycles. The van der Waals surface area contributed by atoms with E-state index < -0.39 is 0 Å². The van der Waals surface area contributed by atoms with Gasteiger partial charge in [0.05, 0.1) is 23.8 Å². The number of rotatable bonds is 6. The maximum atomic E-state index is 12.5. The Hall–Kier alpha value is -3.78. The van der Waals surface area contributed by atoms with Gasteiger partial charge in [0.15, 0.2) is 0 Å². The average Bonchev–Trinajstić information content (AvgIpc) is 3.39. The molecule has 156 valence electrons. The van der Waals surface area contributed by atoms with E-state index in [0.717, 1.165) is 29.8 Å². The lowest BCUT2D eigenvalue weighted by Crippen LogP contribution is -2.25. The highest BCUT2D eigenvalue weighted by Crippen LogP contribution is 2.30. The first-order valence-electron chi connectivity index (χ1n) is 10.4. The van der Waals surface area contributed by atoms with Crippen LogP contribution in [0.1, 0.15) is 41.8 Å². The third-order valence-electron chi connectivity index (χ3n) is 5.33. The molecule has 1 heterocycles. The number of carbonyl (C=O) groups is 1. The number of fused-ring (bicyclic) bond motifs is 1. The van der Waals surface area contributed by atoms with Crippen LogP contribution in [0.15, 0.2) is 61.1 Å². The molecule has 31 heavy (non-hydrogen) atoms. The molecule has 0 spiro atoms. The first-order valence-corrected chi connectivity index (χ1v) is 10.4. The number of aryl methyl sites for hydroxylation is 2. The van der Waals surface area contributed by atoms with Gasteiger partial charge in [-0.3, -0.25) is 4.79 Å². The summed E-state index contributed by atoms with van der Waals surface area (Å²) in [5.74, 6) is 6.34. The van der Waals surface area contributed by atoms with Crippen molar-refractivity contribution in [3.05, 3.63) is 83.4 Å². The fourth-order valence-corrected chi connectivity index (χ4v) is 3.80. The summed E-state index contributed by atoms with van der Waals surface area (Å²) in [6.07, 6.45) is 9.02. The topological polar surface area (TPSA) is 56.1 Å². The third-order valence-corrected chi connectivity index (χ3v) is 5.33. The lowest BCUT2D eigenvalue weighted by atomic mass is 10.1. The molecule has 0 saturated carbocycles. The van der Waals surface area contributed by atoms with E-state index in [-0.39, 0.29) is 11.9 Å². The fraction of sp³-hybridized carbons (Fsp3) is 0.231. The van der Waals surface area contributed by atoms with Crippen molar-refractivity contribution in [2.75, 3.05) is 6.61 Å². The molecule has 0 aliphatic heterocycles. The van der Waals surface area contributed by atoms with Crippen LogP contribution in [0.5, 0.6) is 5.75 Å². The van der Waals surface area contributed by atoms with Gasteiger partial charge in [0.25, 0.3) is 0 Å². The molecule has 0 fully saturated rings. The van der Waals surface area contributed by atoms with Gasteiger partial charge >= 0.3 is 0 Å². The SMILES string of the molecule is CC#CCOc1cc(/C=C/C(=O)NC2CCc3ccccc32)ccc1-n1cnc(C)c1. The zero-order valence-electron chi connectivity index (χ0n) is 17.8. The molecule has 1 atom stereocenters. The first kappa shape index (κ1) is 20.5. The van der Waals surface area contributed by atoms with Crippen LogP contribution in [0, 0.1) is 18.8 Å². The molecule has 0 radical (unpaired) electrons. The molecule has 5 nitrogen and oxygen atoms in total. The van der Waals surface area contributed by atoms with Crippen molar-refractivity contribution in [3.63, 3.8) is 0 Å². The molecular formula is C26H25N3O2. The highest BCUT2D eigenvalue weighted by atomic mass is 16.5. The maximum Gasteiger partial charge on any atom is 0.244 e. The second kappa shape index (κ2) is 9.36. The number of imidazole rings is 1. The van der Waals surface area contributed by atoms with E-state index in [1.807, 2.05) is 48.0 Å². The zero-order chi connectivity index (χ0) is 21.6. The number of hydrogen-bond donors (Lipinski definition) is 1. The van der Waals surface area contributed by atoms with Gasteiger partial charge in [-0.05, 0) is 61.6 Å².